The molecule has 1 amide bonds. The van der Waals surface area contributed by atoms with Crippen molar-refractivity contribution >= 4 is 23.2 Å². The molecule has 0 aliphatic rings. The van der Waals surface area contributed by atoms with E-state index in [1.54, 1.807) is 31.2 Å². The van der Waals surface area contributed by atoms with Crippen LogP contribution in [0.4, 0.5) is 0 Å². The molecule has 25 heavy (non-hydrogen) atoms. The fourth-order valence-corrected chi connectivity index (χ4v) is 2.10. The first-order valence-electron chi connectivity index (χ1n) is 8.44. The quantitative estimate of drug-likeness (QED) is 0.276. The first kappa shape index (κ1) is 21.0. The van der Waals surface area contributed by atoms with Gasteiger partial charge in [-0.1, -0.05) is 0 Å². The van der Waals surface area contributed by atoms with E-state index in [0.717, 1.165) is 25.3 Å². The number of benzene rings is 1. The molecule has 1 aromatic rings. The molecule has 0 radical (unpaired) electrons. The summed E-state index contributed by atoms with van der Waals surface area (Å²) in [6, 6.07) is 7.13. The average Bonchev–Trinajstić information content (AvgIpc) is 2.58. The number of carbonyl (C=O) groups excluding carboxylic acids is 1. The summed E-state index contributed by atoms with van der Waals surface area (Å²) in [5.41, 5.74) is 5.21. The number of nitrogens with one attached hydrogen (secondary N) is 4. The van der Waals surface area contributed by atoms with Crippen molar-refractivity contribution in [2.45, 2.75) is 26.4 Å². The molecular formula is C17H29N4O3S+. The molecule has 0 aliphatic carbocycles. The van der Waals surface area contributed by atoms with Gasteiger partial charge in [-0.25, -0.2) is 0 Å². The molecule has 0 fully saturated rings. The lowest BCUT2D eigenvalue weighted by Gasteiger charge is -2.17. The molecule has 0 aliphatic heterocycles. The molecular weight excluding hydrogens is 340 g/mol. The lowest BCUT2D eigenvalue weighted by atomic mass is 10.3. The number of rotatable bonds is 9. The standard InChI is InChI=1S/C17H28N4O3S/c1-5-23-14-7-9-15(10-8-14)24-13(2)16(22)19-20-17(25)18-11-6-12-21(3)4/h7-10,13H,5-6,11-12H2,1-4H3,(H,19,22)(H2,18,20,25)/p+1/t13-/m1/s1. The summed E-state index contributed by atoms with van der Waals surface area (Å²) in [4.78, 5) is 13.4. The Bertz CT molecular complexity index is 537. The van der Waals surface area contributed by atoms with Gasteiger partial charge in [-0.3, -0.25) is 15.6 Å². The third-order valence-electron chi connectivity index (χ3n) is 3.26. The van der Waals surface area contributed by atoms with Crippen molar-refractivity contribution in [3.05, 3.63) is 24.3 Å². The van der Waals surface area contributed by atoms with Crippen LogP contribution in [-0.4, -0.2) is 50.9 Å². The van der Waals surface area contributed by atoms with E-state index in [2.05, 4.69) is 30.3 Å². The first-order chi connectivity index (χ1) is 11.9. The SMILES string of the molecule is CCOc1ccc(O[C@H](C)C(=O)NNC(=S)NCCC[NH+](C)C)cc1. The summed E-state index contributed by atoms with van der Waals surface area (Å²) >= 11 is 5.11. The Balaban J connectivity index is 2.28. The van der Waals surface area contributed by atoms with Crippen LogP contribution >= 0.6 is 12.2 Å². The largest absolute Gasteiger partial charge is 0.494 e. The number of hydrazine groups is 1. The van der Waals surface area contributed by atoms with Gasteiger partial charge in [0.2, 0.25) is 0 Å². The zero-order valence-electron chi connectivity index (χ0n) is 15.3. The van der Waals surface area contributed by atoms with Crippen molar-refractivity contribution in [3.8, 4) is 11.5 Å². The molecule has 0 unspecified atom stereocenters. The van der Waals surface area contributed by atoms with E-state index in [-0.39, 0.29) is 5.91 Å². The third-order valence-corrected chi connectivity index (χ3v) is 3.50. The second kappa shape index (κ2) is 11.5. The lowest BCUT2D eigenvalue weighted by Crippen LogP contribution is -3.05. The van der Waals surface area contributed by atoms with E-state index < -0.39 is 6.10 Å². The number of carbonyl (C=O) groups is 1. The zero-order chi connectivity index (χ0) is 18.7. The van der Waals surface area contributed by atoms with Crippen LogP contribution in [0.2, 0.25) is 0 Å². The fourth-order valence-electron chi connectivity index (χ4n) is 1.95. The maximum absolute atomic E-state index is 12.0. The van der Waals surface area contributed by atoms with Gasteiger partial charge in [0, 0.05) is 13.0 Å². The van der Waals surface area contributed by atoms with E-state index in [1.807, 2.05) is 6.92 Å². The minimum absolute atomic E-state index is 0.309. The predicted octanol–water partition coefficient (Wildman–Crippen LogP) is -0.117. The summed E-state index contributed by atoms with van der Waals surface area (Å²) in [7, 11) is 4.20. The van der Waals surface area contributed by atoms with Gasteiger partial charge in [-0.15, -0.1) is 0 Å². The summed E-state index contributed by atoms with van der Waals surface area (Å²) < 4.78 is 11.0. The molecule has 0 bridgehead atoms. The average molecular weight is 370 g/mol. The highest BCUT2D eigenvalue weighted by Crippen LogP contribution is 2.18. The number of quaternary nitrogens is 1. The van der Waals surface area contributed by atoms with Gasteiger partial charge in [0.1, 0.15) is 11.5 Å². The topological polar surface area (TPSA) is 76.1 Å². The Hall–Kier alpha value is -2.06. The third kappa shape index (κ3) is 9.11. The molecule has 0 heterocycles. The molecule has 0 saturated heterocycles. The predicted molar refractivity (Wildman–Crippen MR) is 102 cm³/mol. The van der Waals surface area contributed by atoms with Crippen molar-refractivity contribution < 1.29 is 19.2 Å². The second-order valence-electron chi connectivity index (χ2n) is 5.85. The molecule has 0 spiro atoms. The molecule has 0 aromatic heterocycles. The van der Waals surface area contributed by atoms with Crippen LogP contribution in [0.25, 0.3) is 0 Å². The number of thiocarbonyl (C=S) groups is 1. The van der Waals surface area contributed by atoms with Gasteiger partial charge >= 0.3 is 0 Å². The molecule has 1 atom stereocenters. The van der Waals surface area contributed by atoms with Crippen LogP contribution in [0, 0.1) is 0 Å². The molecule has 140 valence electrons. The van der Waals surface area contributed by atoms with E-state index in [9.17, 15) is 4.79 Å². The van der Waals surface area contributed by atoms with Crippen LogP contribution in [-0.2, 0) is 4.79 Å². The van der Waals surface area contributed by atoms with Crippen molar-refractivity contribution in [3.63, 3.8) is 0 Å². The molecule has 4 N–H and O–H groups in total. The maximum Gasteiger partial charge on any atom is 0.279 e. The van der Waals surface area contributed by atoms with E-state index >= 15 is 0 Å². The van der Waals surface area contributed by atoms with Gasteiger partial charge in [0.25, 0.3) is 5.91 Å². The maximum atomic E-state index is 12.0. The number of ether oxygens (including phenoxy) is 2. The van der Waals surface area contributed by atoms with Crippen LogP contribution in [0.3, 0.4) is 0 Å². The zero-order valence-corrected chi connectivity index (χ0v) is 16.2. The summed E-state index contributed by atoms with van der Waals surface area (Å²) in [6.07, 6.45) is 0.334. The highest BCUT2D eigenvalue weighted by atomic mass is 32.1. The normalized spacial score (nSPS) is 11.6. The second-order valence-corrected chi connectivity index (χ2v) is 6.25. The Morgan fingerprint density at radius 2 is 1.84 bits per heavy atom. The van der Waals surface area contributed by atoms with Crippen LogP contribution in [0.1, 0.15) is 20.3 Å². The molecule has 1 rings (SSSR count). The van der Waals surface area contributed by atoms with Crippen LogP contribution in [0.5, 0.6) is 11.5 Å². The van der Waals surface area contributed by atoms with E-state index in [0.29, 0.717) is 17.5 Å². The minimum Gasteiger partial charge on any atom is -0.494 e. The molecule has 7 nitrogen and oxygen atoms in total. The summed E-state index contributed by atoms with van der Waals surface area (Å²) in [6.45, 7) is 6.01. The highest BCUT2D eigenvalue weighted by Gasteiger charge is 2.14. The van der Waals surface area contributed by atoms with Gasteiger partial charge < -0.3 is 19.7 Å². The Morgan fingerprint density at radius 1 is 1.20 bits per heavy atom. The fraction of sp³-hybridized carbons (Fsp3) is 0.529. The van der Waals surface area contributed by atoms with E-state index in [4.69, 9.17) is 21.7 Å². The molecule has 0 saturated carbocycles. The summed E-state index contributed by atoms with van der Waals surface area (Å²) in [5.74, 6) is 1.05. The van der Waals surface area contributed by atoms with Gasteiger partial charge in [0.15, 0.2) is 11.2 Å². The minimum atomic E-state index is -0.661. The molecule has 8 heteroatoms. The Morgan fingerprint density at radius 3 is 2.44 bits per heavy atom. The van der Waals surface area contributed by atoms with Crippen LogP contribution < -0.4 is 30.5 Å². The van der Waals surface area contributed by atoms with Gasteiger partial charge in [-0.05, 0) is 50.3 Å². The number of hydrogen-bond acceptors (Lipinski definition) is 4. The first-order valence-corrected chi connectivity index (χ1v) is 8.85. The monoisotopic (exact) mass is 369 g/mol. The van der Waals surface area contributed by atoms with Crippen molar-refractivity contribution in [1.82, 2.24) is 16.2 Å². The van der Waals surface area contributed by atoms with E-state index in [1.165, 1.54) is 4.90 Å². The van der Waals surface area contributed by atoms with Crippen molar-refractivity contribution in [2.75, 3.05) is 33.8 Å². The lowest BCUT2D eigenvalue weighted by molar-refractivity contribution is -0.858. The van der Waals surface area contributed by atoms with Crippen molar-refractivity contribution in [1.29, 1.82) is 0 Å². The highest BCUT2D eigenvalue weighted by molar-refractivity contribution is 7.80. The van der Waals surface area contributed by atoms with Crippen LogP contribution in [0.15, 0.2) is 24.3 Å². The Kier molecular flexibility index (Phi) is 9.64. The van der Waals surface area contributed by atoms with Gasteiger partial charge in [0.05, 0.1) is 27.2 Å². The van der Waals surface area contributed by atoms with Crippen molar-refractivity contribution in [2.24, 2.45) is 0 Å². The Labute approximate surface area is 155 Å². The molecule has 1 aromatic carbocycles. The number of amides is 1. The van der Waals surface area contributed by atoms with Gasteiger partial charge in [-0.2, -0.15) is 0 Å². The summed E-state index contributed by atoms with van der Waals surface area (Å²) in [5, 5.41) is 3.42. The smallest absolute Gasteiger partial charge is 0.279 e. The number of hydrogen-bond donors (Lipinski definition) is 4.